The normalized spacial score (nSPS) is 14.6. The molecule has 1 aliphatic carbocycles. The lowest BCUT2D eigenvalue weighted by Gasteiger charge is -2.11. The van der Waals surface area contributed by atoms with Crippen molar-refractivity contribution in [2.45, 2.75) is 38.8 Å². The van der Waals surface area contributed by atoms with Crippen molar-refractivity contribution in [1.29, 1.82) is 5.26 Å². The number of halogens is 3. The number of aliphatic hydroxyl groups excluding tert-OH is 1. The minimum atomic E-state index is -4.45. The van der Waals surface area contributed by atoms with Crippen LogP contribution in [0.4, 0.5) is 13.2 Å². The van der Waals surface area contributed by atoms with E-state index in [1.165, 1.54) is 40.5 Å². The Morgan fingerprint density at radius 2 is 2.06 bits per heavy atom. The molecule has 1 N–H and O–H groups in total. The molecule has 1 atom stereocenters. The van der Waals surface area contributed by atoms with E-state index in [0.29, 0.717) is 5.92 Å². The van der Waals surface area contributed by atoms with E-state index >= 15 is 0 Å². The molecule has 1 unspecified atom stereocenters. The predicted molar refractivity (Wildman–Crippen MR) is 124 cm³/mol. The Labute approximate surface area is 194 Å². The Bertz CT molecular complexity index is 1200. The lowest BCUT2D eigenvalue weighted by molar-refractivity contribution is -0.153. The first kappa shape index (κ1) is 24.3. The average Bonchev–Trinajstić information content (AvgIpc) is 3.40. The second-order valence-electron chi connectivity index (χ2n) is 7.68. The second kappa shape index (κ2) is 10.1. The fourth-order valence-corrected chi connectivity index (χ4v) is 4.90. The Morgan fingerprint density at radius 3 is 2.73 bits per heavy atom. The smallest absolute Gasteiger partial charge is 0.422 e. The highest BCUT2D eigenvalue weighted by atomic mass is 32.1. The molecule has 8 heteroatoms. The van der Waals surface area contributed by atoms with Gasteiger partial charge in [-0.05, 0) is 66.1 Å². The third-order valence-electron chi connectivity index (χ3n) is 5.50. The first-order chi connectivity index (χ1) is 15.7. The van der Waals surface area contributed by atoms with Crippen LogP contribution in [0.5, 0.6) is 5.75 Å². The Morgan fingerprint density at radius 1 is 1.33 bits per heavy atom. The molecule has 0 aliphatic heterocycles. The predicted octanol–water partition coefficient (Wildman–Crippen LogP) is 7.34. The molecular formula is C25H23F3N2O2S. The molecule has 3 aromatic rings. The van der Waals surface area contributed by atoms with Crippen LogP contribution in [-0.2, 0) is 6.42 Å². The summed E-state index contributed by atoms with van der Waals surface area (Å²) in [4.78, 5) is 5.41. The van der Waals surface area contributed by atoms with Crippen molar-refractivity contribution in [3.05, 3.63) is 71.6 Å². The SMILES string of the molecule is C=CO.Cc1c(-c2ncc(-c3ccc(OCC(F)(F)F)c(C#N)c3)s2)ccc2c1CCC2C. The molecule has 0 saturated heterocycles. The molecule has 4 rings (SSSR count). The number of fused-ring (bicyclic) bond motifs is 1. The molecule has 0 amide bonds. The van der Waals surface area contributed by atoms with Crippen LogP contribution in [0.3, 0.4) is 0 Å². The zero-order valence-electron chi connectivity index (χ0n) is 18.2. The van der Waals surface area contributed by atoms with Crippen LogP contribution in [-0.4, -0.2) is 22.9 Å². The average molecular weight is 473 g/mol. The van der Waals surface area contributed by atoms with Gasteiger partial charge in [-0.1, -0.05) is 25.6 Å². The molecule has 1 aromatic heterocycles. The standard InChI is InChI=1S/C23H19F3N2OS.C2H4O/c1-13-3-5-18-14(2)19(7-6-17(13)18)22-28-11-21(30-22)15-4-8-20(16(9-15)10-27)29-12-23(24,25)26;1-2-3/h4,6-9,11,13H,3,5,12H2,1-2H3;2-3H,1H2. The van der Waals surface area contributed by atoms with Crippen molar-refractivity contribution in [2.24, 2.45) is 0 Å². The quantitative estimate of drug-likeness (QED) is 0.404. The highest BCUT2D eigenvalue weighted by Crippen LogP contribution is 2.41. The molecule has 0 saturated carbocycles. The minimum Gasteiger partial charge on any atom is -0.516 e. The van der Waals surface area contributed by atoms with Gasteiger partial charge in [0, 0.05) is 11.8 Å². The van der Waals surface area contributed by atoms with Crippen LogP contribution < -0.4 is 4.74 Å². The zero-order chi connectivity index (χ0) is 24.2. The first-order valence-electron chi connectivity index (χ1n) is 10.3. The molecule has 0 bridgehead atoms. The van der Waals surface area contributed by atoms with Gasteiger partial charge in [-0.3, -0.25) is 0 Å². The van der Waals surface area contributed by atoms with Gasteiger partial charge in [0.05, 0.1) is 16.7 Å². The molecule has 1 aliphatic rings. The number of hydrogen-bond donors (Lipinski definition) is 1. The van der Waals surface area contributed by atoms with Crippen molar-refractivity contribution in [3.8, 4) is 32.8 Å². The maximum atomic E-state index is 12.4. The molecule has 0 radical (unpaired) electrons. The molecule has 172 valence electrons. The van der Waals surface area contributed by atoms with Gasteiger partial charge in [-0.2, -0.15) is 18.4 Å². The summed E-state index contributed by atoms with van der Waals surface area (Å²) in [6.07, 6.45) is 0.285. The third-order valence-corrected chi connectivity index (χ3v) is 6.58. The number of rotatable bonds is 4. The molecule has 2 aromatic carbocycles. The van der Waals surface area contributed by atoms with E-state index in [-0.39, 0.29) is 11.3 Å². The van der Waals surface area contributed by atoms with Gasteiger partial charge in [-0.15, -0.1) is 11.3 Å². The largest absolute Gasteiger partial charge is 0.516 e. The van der Waals surface area contributed by atoms with Crippen LogP contribution in [0.15, 0.2) is 49.4 Å². The Kier molecular flexibility index (Phi) is 7.44. The van der Waals surface area contributed by atoms with Crippen LogP contribution in [0, 0.1) is 18.3 Å². The van der Waals surface area contributed by atoms with E-state index in [9.17, 15) is 18.4 Å². The van der Waals surface area contributed by atoms with E-state index in [2.05, 4.69) is 37.5 Å². The summed E-state index contributed by atoms with van der Waals surface area (Å²) in [7, 11) is 0. The summed E-state index contributed by atoms with van der Waals surface area (Å²) >= 11 is 1.50. The van der Waals surface area contributed by atoms with Crippen LogP contribution in [0.1, 0.15) is 41.5 Å². The number of aromatic nitrogens is 1. The maximum Gasteiger partial charge on any atom is 0.422 e. The van der Waals surface area contributed by atoms with Gasteiger partial charge in [0.1, 0.15) is 16.8 Å². The molecule has 4 nitrogen and oxygen atoms in total. The van der Waals surface area contributed by atoms with Gasteiger partial charge < -0.3 is 9.84 Å². The van der Waals surface area contributed by atoms with Gasteiger partial charge in [0.25, 0.3) is 0 Å². The third kappa shape index (κ3) is 5.55. The van der Waals surface area contributed by atoms with E-state index in [4.69, 9.17) is 9.84 Å². The van der Waals surface area contributed by atoms with Gasteiger partial charge >= 0.3 is 6.18 Å². The monoisotopic (exact) mass is 472 g/mol. The highest BCUT2D eigenvalue weighted by molar-refractivity contribution is 7.18. The Balaban J connectivity index is 0.000000968. The molecule has 0 spiro atoms. The van der Waals surface area contributed by atoms with Crippen LogP contribution >= 0.6 is 11.3 Å². The van der Waals surface area contributed by atoms with Gasteiger partial charge in [0.2, 0.25) is 0 Å². The van der Waals surface area contributed by atoms with Crippen molar-refractivity contribution in [2.75, 3.05) is 6.61 Å². The number of ether oxygens (including phenoxy) is 1. The number of benzene rings is 2. The number of thiazole rings is 1. The summed E-state index contributed by atoms with van der Waals surface area (Å²) in [6.45, 7) is 5.87. The van der Waals surface area contributed by atoms with Gasteiger partial charge in [0.15, 0.2) is 6.61 Å². The molecule has 33 heavy (non-hydrogen) atoms. The first-order valence-corrected chi connectivity index (χ1v) is 11.1. The van der Waals surface area contributed by atoms with E-state index < -0.39 is 12.8 Å². The van der Waals surface area contributed by atoms with Crippen LogP contribution in [0.25, 0.3) is 21.0 Å². The number of nitriles is 1. The lowest BCUT2D eigenvalue weighted by Crippen LogP contribution is -2.19. The second-order valence-corrected chi connectivity index (χ2v) is 8.72. The number of hydrogen-bond acceptors (Lipinski definition) is 5. The summed E-state index contributed by atoms with van der Waals surface area (Å²) in [5, 5.41) is 17.5. The summed E-state index contributed by atoms with van der Waals surface area (Å²) < 4.78 is 42.0. The molecule has 1 heterocycles. The lowest BCUT2D eigenvalue weighted by atomic mass is 9.96. The minimum absolute atomic E-state index is 0.0643. The summed E-state index contributed by atoms with van der Waals surface area (Å²) in [5.74, 6) is 0.508. The van der Waals surface area contributed by atoms with Gasteiger partial charge in [-0.25, -0.2) is 4.98 Å². The van der Waals surface area contributed by atoms with Crippen LogP contribution in [0.2, 0.25) is 0 Å². The molecular weight excluding hydrogens is 449 g/mol. The van der Waals surface area contributed by atoms with Crippen molar-refractivity contribution in [3.63, 3.8) is 0 Å². The number of aliphatic hydroxyl groups is 1. The maximum absolute atomic E-state index is 12.4. The Hall–Kier alpha value is -3.31. The van der Waals surface area contributed by atoms with Crippen molar-refractivity contribution in [1.82, 2.24) is 4.98 Å². The summed E-state index contributed by atoms with van der Waals surface area (Å²) in [5.41, 5.74) is 5.98. The van der Waals surface area contributed by atoms with E-state index in [1.807, 2.05) is 6.07 Å². The number of alkyl halides is 3. The van der Waals surface area contributed by atoms with E-state index in [1.54, 1.807) is 18.3 Å². The van der Waals surface area contributed by atoms with E-state index in [0.717, 1.165) is 33.7 Å². The van der Waals surface area contributed by atoms with Crippen molar-refractivity contribution >= 4 is 11.3 Å². The van der Waals surface area contributed by atoms with Crippen molar-refractivity contribution < 1.29 is 23.0 Å². The fraction of sp³-hybridized carbons (Fsp3) is 0.280. The zero-order valence-corrected chi connectivity index (χ0v) is 19.1. The topological polar surface area (TPSA) is 66.1 Å². The fourth-order valence-electron chi connectivity index (χ4n) is 3.91. The summed E-state index contributed by atoms with van der Waals surface area (Å²) in [6, 6.07) is 10.8. The molecule has 0 fully saturated rings. The number of nitrogens with zero attached hydrogens (tertiary/aromatic N) is 2. The highest BCUT2D eigenvalue weighted by Gasteiger charge is 2.29.